The molecule has 0 saturated carbocycles. The molecule has 0 spiro atoms. The van der Waals surface area contributed by atoms with Gasteiger partial charge in [-0.25, -0.2) is 0 Å². The number of allylic oxidation sites excluding steroid dienone is 1. The number of nitrogens with zero attached hydrogens (tertiary/aromatic N) is 1. The molecule has 1 aromatic heterocycles. The number of nitrogens with two attached hydrogens (primary N) is 1. The van der Waals surface area contributed by atoms with Crippen LogP contribution in [0.1, 0.15) is 22.5 Å². The summed E-state index contributed by atoms with van der Waals surface area (Å²) in [6, 6.07) is 3.79. The number of aromatic nitrogens is 1. The lowest BCUT2D eigenvalue weighted by molar-refractivity contribution is 0.102. The van der Waals surface area contributed by atoms with E-state index in [2.05, 4.69) is 4.98 Å². The maximum atomic E-state index is 11.6. The molecule has 1 aliphatic carbocycles. The molecule has 1 heterocycles. The smallest absolute Gasteiger partial charge is 0.209 e. The third-order valence-electron chi connectivity index (χ3n) is 2.26. The Kier molecular flexibility index (Phi) is 1.85. The standard InChI is InChI=1S/C10H10N2O/c11-6-8-4-3-7-2-1-5-12-9(7)10(8)13/h1-2,5-6H,3-4,11H2/b8-6-. The molecular formula is C10H10N2O. The highest BCUT2D eigenvalue weighted by Gasteiger charge is 2.21. The van der Waals surface area contributed by atoms with E-state index < -0.39 is 0 Å². The van der Waals surface area contributed by atoms with Crippen LogP contribution in [-0.4, -0.2) is 10.8 Å². The number of aryl methyl sites for hydroxylation is 1. The molecular weight excluding hydrogens is 164 g/mol. The topological polar surface area (TPSA) is 56.0 Å². The Balaban J connectivity index is 2.51. The lowest BCUT2D eigenvalue weighted by atomic mass is 9.91. The third-order valence-corrected chi connectivity index (χ3v) is 2.26. The van der Waals surface area contributed by atoms with E-state index in [1.165, 1.54) is 6.20 Å². The molecule has 0 saturated heterocycles. The van der Waals surface area contributed by atoms with Gasteiger partial charge in [-0.2, -0.15) is 0 Å². The largest absolute Gasteiger partial charge is 0.404 e. The van der Waals surface area contributed by atoms with E-state index in [1.54, 1.807) is 6.20 Å². The van der Waals surface area contributed by atoms with E-state index in [9.17, 15) is 4.79 Å². The Hall–Kier alpha value is -1.64. The van der Waals surface area contributed by atoms with Gasteiger partial charge in [-0.3, -0.25) is 9.78 Å². The molecule has 3 nitrogen and oxygen atoms in total. The average Bonchev–Trinajstić information content (AvgIpc) is 2.19. The molecule has 0 bridgehead atoms. The lowest BCUT2D eigenvalue weighted by Gasteiger charge is -2.14. The summed E-state index contributed by atoms with van der Waals surface area (Å²) < 4.78 is 0. The van der Waals surface area contributed by atoms with E-state index in [-0.39, 0.29) is 5.78 Å². The Bertz CT molecular complexity index is 382. The number of rotatable bonds is 0. The average molecular weight is 174 g/mol. The van der Waals surface area contributed by atoms with E-state index in [0.29, 0.717) is 11.3 Å². The molecule has 0 atom stereocenters. The number of carbonyl (C=O) groups is 1. The normalized spacial score (nSPS) is 18.8. The van der Waals surface area contributed by atoms with Gasteiger partial charge in [-0.05, 0) is 24.5 Å². The van der Waals surface area contributed by atoms with Crippen LogP contribution >= 0.6 is 0 Å². The van der Waals surface area contributed by atoms with Crippen molar-refractivity contribution < 1.29 is 4.79 Å². The van der Waals surface area contributed by atoms with Crippen molar-refractivity contribution in [1.29, 1.82) is 0 Å². The Morgan fingerprint density at radius 2 is 2.31 bits per heavy atom. The van der Waals surface area contributed by atoms with Crippen LogP contribution in [0.5, 0.6) is 0 Å². The van der Waals surface area contributed by atoms with Gasteiger partial charge in [-0.1, -0.05) is 6.07 Å². The van der Waals surface area contributed by atoms with E-state index in [4.69, 9.17) is 5.73 Å². The number of hydrogen-bond donors (Lipinski definition) is 1. The minimum absolute atomic E-state index is 0.0237. The predicted molar refractivity (Wildman–Crippen MR) is 49.2 cm³/mol. The molecule has 0 radical (unpaired) electrons. The molecule has 13 heavy (non-hydrogen) atoms. The highest BCUT2D eigenvalue weighted by atomic mass is 16.1. The predicted octanol–water partition coefficient (Wildman–Crippen LogP) is 1.05. The lowest BCUT2D eigenvalue weighted by Crippen LogP contribution is -2.16. The number of fused-ring (bicyclic) bond motifs is 1. The Morgan fingerprint density at radius 3 is 3.08 bits per heavy atom. The summed E-state index contributed by atoms with van der Waals surface area (Å²) in [5.41, 5.74) is 7.60. The van der Waals surface area contributed by atoms with Crippen molar-refractivity contribution in [3.05, 3.63) is 41.4 Å². The number of hydrogen-bond acceptors (Lipinski definition) is 3. The van der Waals surface area contributed by atoms with Gasteiger partial charge in [0, 0.05) is 18.0 Å². The van der Waals surface area contributed by atoms with Crippen molar-refractivity contribution in [1.82, 2.24) is 4.98 Å². The Morgan fingerprint density at radius 1 is 1.46 bits per heavy atom. The summed E-state index contributed by atoms with van der Waals surface area (Å²) in [7, 11) is 0. The minimum atomic E-state index is -0.0237. The van der Waals surface area contributed by atoms with Crippen molar-refractivity contribution in [2.45, 2.75) is 12.8 Å². The third kappa shape index (κ3) is 1.22. The number of carbonyl (C=O) groups excluding carboxylic acids is 1. The monoisotopic (exact) mass is 174 g/mol. The summed E-state index contributed by atoms with van der Waals surface area (Å²) in [5.74, 6) is -0.0237. The first-order valence-electron chi connectivity index (χ1n) is 4.22. The van der Waals surface area contributed by atoms with Crippen LogP contribution in [0.4, 0.5) is 0 Å². The van der Waals surface area contributed by atoms with Crippen molar-refractivity contribution >= 4 is 5.78 Å². The SMILES string of the molecule is N/C=C1/CCc2cccnc2C1=O. The molecule has 2 rings (SSSR count). The highest BCUT2D eigenvalue weighted by Crippen LogP contribution is 2.22. The van der Waals surface area contributed by atoms with Gasteiger partial charge in [0.25, 0.3) is 0 Å². The molecule has 0 fully saturated rings. The van der Waals surface area contributed by atoms with E-state index in [0.717, 1.165) is 18.4 Å². The van der Waals surface area contributed by atoms with Crippen molar-refractivity contribution in [3.8, 4) is 0 Å². The summed E-state index contributed by atoms with van der Waals surface area (Å²) in [6.45, 7) is 0. The molecule has 66 valence electrons. The van der Waals surface area contributed by atoms with Crippen molar-refractivity contribution in [2.75, 3.05) is 0 Å². The molecule has 0 amide bonds. The summed E-state index contributed by atoms with van der Waals surface area (Å²) in [5, 5.41) is 0. The van der Waals surface area contributed by atoms with E-state index in [1.807, 2.05) is 12.1 Å². The first kappa shape index (κ1) is 7.98. The van der Waals surface area contributed by atoms with Crippen molar-refractivity contribution in [3.63, 3.8) is 0 Å². The molecule has 1 aromatic rings. The fourth-order valence-electron chi connectivity index (χ4n) is 1.54. The molecule has 1 aliphatic rings. The zero-order valence-corrected chi connectivity index (χ0v) is 7.16. The van der Waals surface area contributed by atoms with Crippen LogP contribution in [0.3, 0.4) is 0 Å². The summed E-state index contributed by atoms with van der Waals surface area (Å²) >= 11 is 0. The zero-order valence-electron chi connectivity index (χ0n) is 7.16. The molecule has 0 aliphatic heterocycles. The number of Topliss-reactive ketones (excluding diaryl/α,β-unsaturated/α-hetero) is 1. The second-order valence-corrected chi connectivity index (χ2v) is 3.03. The van der Waals surface area contributed by atoms with Gasteiger partial charge in [0.2, 0.25) is 5.78 Å². The minimum Gasteiger partial charge on any atom is -0.404 e. The van der Waals surface area contributed by atoms with Gasteiger partial charge >= 0.3 is 0 Å². The van der Waals surface area contributed by atoms with Gasteiger partial charge in [-0.15, -0.1) is 0 Å². The second kappa shape index (κ2) is 3.01. The maximum Gasteiger partial charge on any atom is 0.209 e. The fraction of sp³-hybridized carbons (Fsp3) is 0.200. The second-order valence-electron chi connectivity index (χ2n) is 3.03. The van der Waals surface area contributed by atoms with Crippen LogP contribution in [-0.2, 0) is 6.42 Å². The summed E-state index contributed by atoms with van der Waals surface area (Å²) in [4.78, 5) is 15.7. The van der Waals surface area contributed by atoms with Crippen LogP contribution in [0.2, 0.25) is 0 Å². The zero-order chi connectivity index (χ0) is 9.26. The Labute approximate surface area is 76.3 Å². The molecule has 3 heteroatoms. The number of pyridine rings is 1. The van der Waals surface area contributed by atoms with Gasteiger partial charge in [0.05, 0.1) is 0 Å². The quantitative estimate of drug-likeness (QED) is 0.598. The number of ketones is 1. The maximum absolute atomic E-state index is 11.6. The van der Waals surface area contributed by atoms with Gasteiger partial charge in [0.15, 0.2) is 0 Å². The summed E-state index contributed by atoms with van der Waals surface area (Å²) in [6.07, 6.45) is 4.61. The molecule has 0 aromatic carbocycles. The van der Waals surface area contributed by atoms with Crippen molar-refractivity contribution in [2.24, 2.45) is 5.73 Å². The first-order chi connectivity index (χ1) is 6.33. The highest BCUT2D eigenvalue weighted by molar-refractivity contribution is 6.09. The van der Waals surface area contributed by atoms with Crippen LogP contribution in [0.25, 0.3) is 0 Å². The van der Waals surface area contributed by atoms with Gasteiger partial charge in [0.1, 0.15) is 5.69 Å². The molecule has 0 unspecified atom stereocenters. The van der Waals surface area contributed by atoms with Crippen LogP contribution in [0.15, 0.2) is 30.1 Å². The van der Waals surface area contributed by atoms with Crippen LogP contribution < -0.4 is 5.73 Å². The van der Waals surface area contributed by atoms with Crippen LogP contribution in [0, 0.1) is 0 Å². The van der Waals surface area contributed by atoms with Gasteiger partial charge < -0.3 is 5.73 Å². The van der Waals surface area contributed by atoms with E-state index >= 15 is 0 Å². The molecule has 2 N–H and O–H groups in total. The first-order valence-corrected chi connectivity index (χ1v) is 4.22. The fourth-order valence-corrected chi connectivity index (χ4v) is 1.54.